The minimum absolute atomic E-state index is 0.464. The molecule has 0 atom stereocenters. The number of hydrogen-bond acceptors (Lipinski definition) is 3. The number of carboxylic acids is 1. The summed E-state index contributed by atoms with van der Waals surface area (Å²) in [4.78, 5) is 11.9. The van der Waals surface area contributed by atoms with E-state index in [2.05, 4.69) is 10.2 Å². The Kier molecular flexibility index (Phi) is 3.28. The Morgan fingerprint density at radius 2 is 1.95 bits per heavy atom. The van der Waals surface area contributed by atoms with Gasteiger partial charge in [-0.3, -0.25) is 9.89 Å². The summed E-state index contributed by atoms with van der Waals surface area (Å²) >= 11 is 0. The summed E-state index contributed by atoms with van der Waals surface area (Å²) < 4.78 is 5.32. The van der Waals surface area contributed by atoms with Crippen LogP contribution in [0.5, 0.6) is 0 Å². The third-order valence-electron chi connectivity index (χ3n) is 3.97. The van der Waals surface area contributed by atoms with Gasteiger partial charge in [-0.25, -0.2) is 0 Å². The van der Waals surface area contributed by atoms with Gasteiger partial charge in [0.15, 0.2) is 0 Å². The van der Waals surface area contributed by atoms with Crippen LogP contribution in [0.2, 0.25) is 0 Å². The summed E-state index contributed by atoms with van der Waals surface area (Å²) in [6.07, 6.45) is 2.59. The first kappa shape index (κ1) is 12.9. The number of nitrogens with zero attached hydrogens (tertiary/aromatic N) is 1. The third kappa shape index (κ3) is 2.00. The van der Waals surface area contributed by atoms with Gasteiger partial charge in [0.1, 0.15) is 5.41 Å². The Labute approximate surface area is 116 Å². The average molecular weight is 272 g/mol. The Hall–Kier alpha value is -2.14. The molecule has 0 bridgehead atoms. The standard InChI is InChI=1S/C15H16N2O3/c18-14(19)15(6-8-20-9-7-15)12-10-16-17-13(12)11-4-2-1-3-5-11/h1-5,10H,6-9H2,(H,16,17)(H,18,19). The molecular weight excluding hydrogens is 256 g/mol. The number of aromatic nitrogens is 2. The van der Waals surface area contributed by atoms with Crippen LogP contribution < -0.4 is 0 Å². The van der Waals surface area contributed by atoms with E-state index in [1.807, 2.05) is 30.3 Å². The van der Waals surface area contributed by atoms with Gasteiger partial charge in [-0.05, 0) is 18.4 Å². The maximum atomic E-state index is 11.9. The van der Waals surface area contributed by atoms with Crippen molar-refractivity contribution >= 4 is 5.97 Å². The maximum Gasteiger partial charge on any atom is 0.314 e. The van der Waals surface area contributed by atoms with E-state index in [9.17, 15) is 9.90 Å². The first-order valence-corrected chi connectivity index (χ1v) is 6.64. The molecule has 3 rings (SSSR count). The Balaban J connectivity index is 2.10. The van der Waals surface area contributed by atoms with E-state index >= 15 is 0 Å². The lowest BCUT2D eigenvalue weighted by atomic mass is 9.73. The summed E-state index contributed by atoms with van der Waals surface area (Å²) in [7, 11) is 0. The van der Waals surface area contributed by atoms with E-state index in [1.165, 1.54) is 0 Å². The first-order chi connectivity index (χ1) is 9.74. The number of carbonyl (C=O) groups is 1. The molecular formula is C15H16N2O3. The summed E-state index contributed by atoms with van der Waals surface area (Å²) in [6, 6.07) is 9.69. The maximum absolute atomic E-state index is 11.9. The van der Waals surface area contributed by atoms with Crippen molar-refractivity contribution in [1.82, 2.24) is 10.2 Å². The fourth-order valence-corrected chi connectivity index (χ4v) is 2.79. The van der Waals surface area contributed by atoms with Gasteiger partial charge in [0.05, 0.1) is 11.9 Å². The number of ether oxygens (including phenoxy) is 1. The van der Waals surface area contributed by atoms with Crippen molar-refractivity contribution in [3.8, 4) is 11.3 Å². The summed E-state index contributed by atoms with van der Waals surface area (Å²) in [6.45, 7) is 0.928. The van der Waals surface area contributed by atoms with E-state index < -0.39 is 11.4 Å². The molecule has 1 saturated heterocycles. The number of hydrogen-bond donors (Lipinski definition) is 2. The predicted molar refractivity (Wildman–Crippen MR) is 73.4 cm³/mol. The van der Waals surface area contributed by atoms with Crippen molar-refractivity contribution in [2.75, 3.05) is 13.2 Å². The first-order valence-electron chi connectivity index (χ1n) is 6.64. The Morgan fingerprint density at radius 1 is 1.25 bits per heavy atom. The molecule has 0 unspecified atom stereocenters. The van der Waals surface area contributed by atoms with Crippen molar-refractivity contribution in [3.05, 3.63) is 42.1 Å². The van der Waals surface area contributed by atoms with Gasteiger partial charge in [0.2, 0.25) is 0 Å². The van der Waals surface area contributed by atoms with Crippen LogP contribution in [0.15, 0.2) is 36.5 Å². The lowest BCUT2D eigenvalue weighted by Crippen LogP contribution is -2.41. The molecule has 1 fully saturated rings. The molecule has 1 aliphatic rings. The van der Waals surface area contributed by atoms with Gasteiger partial charge >= 0.3 is 5.97 Å². The lowest BCUT2D eigenvalue weighted by molar-refractivity contribution is -0.147. The van der Waals surface area contributed by atoms with E-state index in [0.29, 0.717) is 26.1 Å². The highest BCUT2D eigenvalue weighted by Gasteiger charge is 2.44. The number of aliphatic carboxylic acids is 1. The fourth-order valence-electron chi connectivity index (χ4n) is 2.79. The number of rotatable bonds is 3. The highest BCUT2D eigenvalue weighted by Crippen LogP contribution is 2.39. The van der Waals surface area contributed by atoms with Crippen LogP contribution >= 0.6 is 0 Å². The lowest BCUT2D eigenvalue weighted by Gasteiger charge is -2.33. The second kappa shape index (κ2) is 5.09. The van der Waals surface area contributed by atoms with E-state index in [0.717, 1.165) is 16.8 Å². The summed E-state index contributed by atoms with van der Waals surface area (Å²) in [5, 5.41) is 16.8. The number of carboxylic acid groups (broad SMARTS) is 1. The summed E-state index contributed by atoms with van der Waals surface area (Å²) in [5.41, 5.74) is 1.58. The van der Waals surface area contributed by atoms with Gasteiger partial charge in [-0.15, -0.1) is 0 Å². The zero-order valence-corrected chi connectivity index (χ0v) is 11.0. The fraction of sp³-hybridized carbons (Fsp3) is 0.333. The third-order valence-corrected chi connectivity index (χ3v) is 3.97. The van der Waals surface area contributed by atoms with Crippen LogP contribution in [0.3, 0.4) is 0 Å². The van der Waals surface area contributed by atoms with Crippen LogP contribution in [0, 0.1) is 0 Å². The highest BCUT2D eigenvalue weighted by atomic mass is 16.5. The molecule has 0 amide bonds. The summed E-state index contributed by atoms with van der Waals surface area (Å²) in [5.74, 6) is -0.806. The number of nitrogens with one attached hydrogen (secondary N) is 1. The van der Waals surface area contributed by atoms with Crippen molar-refractivity contribution < 1.29 is 14.6 Å². The highest BCUT2D eigenvalue weighted by molar-refractivity contribution is 5.84. The molecule has 104 valence electrons. The molecule has 20 heavy (non-hydrogen) atoms. The number of H-pyrrole nitrogens is 1. The monoisotopic (exact) mass is 272 g/mol. The average Bonchev–Trinajstić information content (AvgIpc) is 2.98. The smallest absolute Gasteiger partial charge is 0.314 e. The number of benzene rings is 1. The van der Waals surface area contributed by atoms with E-state index in [4.69, 9.17) is 4.74 Å². The molecule has 5 heteroatoms. The van der Waals surface area contributed by atoms with Crippen LogP contribution in [0.4, 0.5) is 0 Å². The normalized spacial score (nSPS) is 17.8. The van der Waals surface area contributed by atoms with Crippen molar-refractivity contribution in [1.29, 1.82) is 0 Å². The Bertz CT molecular complexity index is 601. The van der Waals surface area contributed by atoms with Crippen LogP contribution in [-0.2, 0) is 14.9 Å². The van der Waals surface area contributed by atoms with Crippen LogP contribution in [-0.4, -0.2) is 34.5 Å². The van der Waals surface area contributed by atoms with Gasteiger partial charge in [-0.1, -0.05) is 30.3 Å². The molecule has 0 radical (unpaired) electrons. The predicted octanol–water partition coefficient (Wildman–Crippen LogP) is 2.21. The minimum Gasteiger partial charge on any atom is -0.481 e. The van der Waals surface area contributed by atoms with Gasteiger partial charge in [0, 0.05) is 18.8 Å². The SMILES string of the molecule is O=C(O)C1(c2cn[nH]c2-c2ccccc2)CCOCC1. The molecule has 0 aliphatic carbocycles. The molecule has 2 N–H and O–H groups in total. The zero-order valence-electron chi connectivity index (χ0n) is 11.0. The quantitative estimate of drug-likeness (QED) is 0.898. The zero-order chi connectivity index (χ0) is 14.0. The molecule has 0 spiro atoms. The van der Waals surface area contributed by atoms with Crippen molar-refractivity contribution in [3.63, 3.8) is 0 Å². The molecule has 5 nitrogen and oxygen atoms in total. The van der Waals surface area contributed by atoms with Gasteiger partial charge in [-0.2, -0.15) is 5.10 Å². The van der Waals surface area contributed by atoms with E-state index in [1.54, 1.807) is 6.20 Å². The van der Waals surface area contributed by atoms with Crippen LogP contribution in [0.25, 0.3) is 11.3 Å². The van der Waals surface area contributed by atoms with Gasteiger partial charge < -0.3 is 9.84 Å². The Morgan fingerprint density at radius 3 is 2.60 bits per heavy atom. The molecule has 2 aromatic rings. The minimum atomic E-state index is -0.906. The second-order valence-electron chi connectivity index (χ2n) is 5.02. The largest absolute Gasteiger partial charge is 0.481 e. The van der Waals surface area contributed by atoms with Gasteiger partial charge in [0.25, 0.3) is 0 Å². The molecule has 1 aromatic carbocycles. The topological polar surface area (TPSA) is 75.2 Å². The molecule has 2 heterocycles. The molecule has 0 saturated carbocycles. The van der Waals surface area contributed by atoms with E-state index in [-0.39, 0.29) is 0 Å². The number of aromatic amines is 1. The molecule has 1 aromatic heterocycles. The van der Waals surface area contributed by atoms with Crippen molar-refractivity contribution in [2.45, 2.75) is 18.3 Å². The van der Waals surface area contributed by atoms with Crippen molar-refractivity contribution in [2.24, 2.45) is 0 Å². The second-order valence-corrected chi connectivity index (χ2v) is 5.02. The van der Waals surface area contributed by atoms with Crippen LogP contribution in [0.1, 0.15) is 18.4 Å². The molecule has 1 aliphatic heterocycles.